The third kappa shape index (κ3) is 2.03. The molecule has 1 N–H and O–H groups in total. The van der Waals surface area contributed by atoms with Crippen molar-refractivity contribution in [2.24, 2.45) is 0 Å². The topological polar surface area (TPSA) is 46.0 Å². The van der Waals surface area contributed by atoms with Crippen molar-refractivity contribution in [3.63, 3.8) is 0 Å². The number of hydrogen-bond donors (Lipinski definition) is 1. The van der Waals surface area contributed by atoms with Crippen molar-refractivity contribution >= 4 is 11.5 Å². The number of rotatable bonds is 2. The minimum absolute atomic E-state index is 0.360. The Morgan fingerprint density at radius 3 is 2.87 bits per heavy atom. The molecule has 0 saturated carbocycles. The Balaban J connectivity index is 2.36. The zero-order valence-electron chi connectivity index (χ0n) is 8.01. The Bertz CT molecular complexity index is 472. The zero-order chi connectivity index (χ0) is 10.8. The minimum atomic E-state index is -0.847. The molecular weight excluding hydrogens is 215 g/mol. The van der Waals surface area contributed by atoms with Gasteiger partial charge in [-0.25, -0.2) is 4.39 Å². The quantitative estimate of drug-likeness (QED) is 0.849. The lowest BCUT2D eigenvalue weighted by Crippen LogP contribution is -1.99. The molecule has 0 saturated heterocycles. The first-order valence-electron chi connectivity index (χ1n) is 4.41. The van der Waals surface area contributed by atoms with Crippen LogP contribution in [0.15, 0.2) is 24.3 Å². The third-order valence-electron chi connectivity index (χ3n) is 2.10. The minimum Gasteiger partial charge on any atom is -0.383 e. The van der Waals surface area contributed by atoms with Crippen molar-refractivity contribution in [2.75, 3.05) is 0 Å². The van der Waals surface area contributed by atoms with E-state index in [9.17, 15) is 9.50 Å². The van der Waals surface area contributed by atoms with Crippen LogP contribution in [-0.2, 0) is 0 Å². The van der Waals surface area contributed by atoms with Crippen LogP contribution in [-0.4, -0.2) is 14.7 Å². The fourth-order valence-corrected chi connectivity index (χ4v) is 1.98. The van der Waals surface area contributed by atoms with Gasteiger partial charge in [-0.15, -0.1) is 5.10 Å². The van der Waals surface area contributed by atoms with E-state index in [1.165, 1.54) is 12.1 Å². The SMILES string of the molecule is Cc1nnsc1C(O)c1cccc(F)c1. The summed E-state index contributed by atoms with van der Waals surface area (Å²) in [7, 11) is 0. The van der Waals surface area contributed by atoms with Crippen LogP contribution in [0.4, 0.5) is 4.39 Å². The van der Waals surface area contributed by atoms with Gasteiger partial charge >= 0.3 is 0 Å². The van der Waals surface area contributed by atoms with Crippen LogP contribution in [0.3, 0.4) is 0 Å². The Kier molecular flexibility index (Phi) is 2.75. The molecule has 1 atom stereocenters. The summed E-state index contributed by atoms with van der Waals surface area (Å²) in [6.07, 6.45) is -0.847. The Hall–Kier alpha value is -1.33. The molecular formula is C10H9FN2OS. The second-order valence-corrected chi connectivity index (χ2v) is 3.97. The first kappa shape index (κ1) is 10.2. The highest BCUT2D eigenvalue weighted by atomic mass is 32.1. The van der Waals surface area contributed by atoms with Crippen molar-refractivity contribution in [1.82, 2.24) is 9.59 Å². The molecule has 0 aliphatic rings. The van der Waals surface area contributed by atoms with E-state index < -0.39 is 6.10 Å². The van der Waals surface area contributed by atoms with Gasteiger partial charge in [0.25, 0.3) is 0 Å². The van der Waals surface area contributed by atoms with Crippen LogP contribution < -0.4 is 0 Å². The van der Waals surface area contributed by atoms with E-state index in [2.05, 4.69) is 9.59 Å². The van der Waals surface area contributed by atoms with Gasteiger partial charge in [0.2, 0.25) is 0 Å². The van der Waals surface area contributed by atoms with Crippen molar-refractivity contribution < 1.29 is 9.50 Å². The molecule has 0 fully saturated rings. The van der Waals surface area contributed by atoms with Gasteiger partial charge < -0.3 is 5.11 Å². The predicted octanol–water partition coefficient (Wildman–Crippen LogP) is 2.07. The summed E-state index contributed by atoms with van der Waals surface area (Å²) in [6, 6.07) is 5.89. The van der Waals surface area contributed by atoms with Gasteiger partial charge in [0.15, 0.2) is 0 Å². The molecule has 2 aromatic rings. The summed E-state index contributed by atoms with van der Waals surface area (Å²) in [6.45, 7) is 1.77. The van der Waals surface area contributed by atoms with Crippen LogP contribution in [0.2, 0.25) is 0 Å². The van der Waals surface area contributed by atoms with E-state index in [1.807, 2.05) is 0 Å². The van der Waals surface area contributed by atoms with E-state index >= 15 is 0 Å². The summed E-state index contributed by atoms with van der Waals surface area (Å²) in [5.41, 5.74) is 1.20. The van der Waals surface area contributed by atoms with E-state index in [4.69, 9.17) is 0 Å². The Morgan fingerprint density at radius 1 is 1.47 bits per heavy atom. The van der Waals surface area contributed by atoms with Gasteiger partial charge in [-0.3, -0.25) is 0 Å². The fourth-order valence-electron chi connectivity index (χ4n) is 1.32. The van der Waals surface area contributed by atoms with Crippen LogP contribution in [0.1, 0.15) is 22.2 Å². The van der Waals surface area contributed by atoms with Crippen molar-refractivity contribution in [3.8, 4) is 0 Å². The van der Waals surface area contributed by atoms with Gasteiger partial charge in [-0.1, -0.05) is 16.6 Å². The molecule has 1 aromatic carbocycles. The highest BCUT2D eigenvalue weighted by molar-refractivity contribution is 7.05. The van der Waals surface area contributed by atoms with Crippen molar-refractivity contribution in [2.45, 2.75) is 13.0 Å². The van der Waals surface area contributed by atoms with Crippen LogP contribution in [0.5, 0.6) is 0 Å². The average molecular weight is 224 g/mol. The first-order valence-corrected chi connectivity index (χ1v) is 5.18. The molecule has 0 bridgehead atoms. The molecule has 2 rings (SSSR count). The van der Waals surface area contributed by atoms with Gasteiger partial charge in [0.05, 0.1) is 10.6 Å². The van der Waals surface area contributed by atoms with Crippen LogP contribution in [0, 0.1) is 12.7 Å². The number of aryl methyl sites for hydroxylation is 1. The third-order valence-corrected chi connectivity index (χ3v) is 2.98. The number of benzene rings is 1. The van der Waals surface area contributed by atoms with Gasteiger partial charge in [-0.2, -0.15) is 0 Å². The molecule has 0 spiro atoms. The van der Waals surface area contributed by atoms with E-state index in [0.29, 0.717) is 16.1 Å². The van der Waals surface area contributed by atoms with Crippen molar-refractivity contribution in [3.05, 3.63) is 46.2 Å². The van der Waals surface area contributed by atoms with Crippen molar-refractivity contribution in [1.29, 1.82) is 0 Å². The molecule has 0 radical (unpaired) electrons. The lowest BCUT2D eigenvalue weighted by Gasteiger charge is -2.08. The number of halogens is 1. The lowest BCUT2D eigenvalue weighted by molar-refractivity contribution is 0.222. The molecule has 3 nitrogen and oxygen atoms in total. The second-order valence-electron chi connectivity index (χ2n) is 3.18. The normalized spacial score (nSPS) is 12.7. The smallest absolute Gasteiger partial charge is 0.123 e. The monoisotopic (exact) mass is 224 g/mol. The summed E-state index contributed by atoms with van der Waals surface area (Å²) >= 11 is 1.12. The van der Waals surface area contributed by atoms with Crippen LogP contribution >= 0.6 is 11.5 Å². The van der Waals surface area contributed by atoms with E-state index in [0.717, 1.165) is 11.5 Å². The zero-order valence-corrected chi connectivity index (χ0v) is 8.83. The number of aliphatic hydroxyl groups excluding tert-OH is 1. The largest absolute Gasteiger partial charge is 0.383 e. The Labute approximate surface area is 90.4 Å². The van der Waals surface area contributed by atoms with E-state index in [1.54, 1.807) is 19.1 Å². The second kappa shape index (κ2) is 4.04. The fraction of sp³-hybridized carbons (Fsp3) is 0.200. The molecule has 78 valence electrons. The van der Waals surface area contributed by atoms with Gasteiger partial charge in [0, 0.05) is 0 Å². The maximum atomic E-state index is 12.9. The average Bonchev–Trinajstić information content (AvgIpc) is 2.63. The molecule has 0 aliphatic carbocycles. The molecule has 0 amide bonds. The lowest BCUT2D eigenvalue weighted by atomic mass is 10.1. The number of aromatic nitrogens is 2. The summed E-state index contributed by atoms with van der Waals surface area (Å²) in [4.78, 5) is 0.653. The summed E-state index contributed by atoms with van der Waals surface area (Å²) < 4.78 is 16.7. The highest BCUT2D eigenvalue weighted by Gasteiger charge is 2.16. The molecule has 15 heavy (non-hydrogen) atoms. The molecule has 1 unspecified atom stereocenters. The number of hydrogen-bond acceptors (Lipinski definition) is 4. The molecule has 1 heterocycles. The highest BCUT2D eigenvalue weighted by Crippen LogP contribution is 2.26. The molecule has 0 aliphatic heterocycles. The Morgan fingerprint density at radius 2 is 2.27 bits per heavy atom. The van der Waals surface area contributed by atoms with Gasteiger partial charge in [-0.05, 0) is 36.2 Å². The molecule has 1 aromatic heterocycles. The summed E-state index contributed by atoms with van der Waals surface area (Å²) in [5, 5.41) is 13.8. The molecule has 5 heteroatoms. The standard InChI is InChI=1S/C10H9FN2OS/c1-6-10(15-13-12-6)9(14)7-3-2-4-8(11)5-7/h2-5,9,14H,1H3. The maximum Gasteiger partial charge on any atom is 0.123 e. The van der Waals surface area contributed by atoms with Gasteiger partial charge in [0.1, 0.15) is 11.9 Å². The van der Waals surface area contributed by atoms with E-state index in [-0.39, 0.29) is 5.82 Å². The first-order chi connectivity index (χ1) is 7.18. The number of nitrogens with zero attached hydrogens (tertiary/aromatic N) is 2. The summed E-state index contributed by atoms with van der Waals surface area (Å²) in [5.74, 6) is -0.360. The number of aliphatic hydroxyl groups is 1. The predicted molar refractivity (Wildman–Crippen MR) is 55.1 cm³/mol. The maximum absolute atomic E-state index is 12.9. The van der Waals surface area contributed by atoms with Crippen LogP contribution in [0.25, 0.3) is 0 Å².